The van der Waals surface area contributed by atoms with Gasteiger partial charge in [0, 0.05) is 42.0 Å². The second-order valence-electron chi connectivity index (χ2n) is 7.80. The lowest BCUT2D eigenvalue weighted by molar-refractivity contribution is 0.200. The molecular formula is C24H28N4O4. The second kappa shape index (κ2) is 9.82. The number of benzene rings is 1. The zero-order valence-corrected chi connectivity index (χ0v) is 18.6. The van der Waals surface area contributed by atoms with Crippen LogP contribution in [0.1, 0.15) is 30.0 Å². The predicted octanol–water partition coefficient (Wildman–Crippen LogP) is 3.24. The predicted molar refractivity (Wildman–Crippen MR) is 121 cm³/mol. The number of rotatable bonds is 7. The van der Waals surface area contributed by atoms with Gasteiger partial charge in [0.05, 0.1) is 27.0 Å². The largest absolute Gasteiger partial charge is 0.493 e. The SMILES string of the molecule is COc1ccc(CN2CCC(c3cc(=O)[nH]c(-c4ccncc4)n3)CC2)c(OC)c1OC. The van der Waals surface area contributed by atoms with Crippen LogP contribution in [0.2, 0.25) is 0 Å². The minimum atomic E-state index is -0.126. The molecule has 3 aromatic rings. The quantitative estimate of drug-likeness (QED) is 0.608. The Labute approximate surface area is 187 Å². The number of nitrogens with one attached hydrogen (secondary N) is 1. The molecule has 4 rings (SSSR count). The number of likely N-dealkylation sites (tertiary alicyclic amines) is 1. The van der Waals surface area contributed by atoms with Gasteiger partial charge in [-0.05, 0) is 44.1 Å². The molecule has 3 heterocycles. The molecule has 8 heteroatoms. The van der Waals surface area contributed by atoms with E-state index < -0.39 is 0 Å². The molecule has 0 radical (unpaired) electrons. The highest BCUT2D eigenvalue weighted by Gasteiger charge is 2.24. The van der Waals surface area contributed by atoms with E-state index in [1.54, 1.807) is 39.8 Å². The van der Waals surface area contributed by atoms with Crippen molar-refractivity contribution in [3.63, 3.8) is 0 Å². The molecule has 0 unspecified atom stereocenters. The van der Waals surface area contributed by atoms with Crippen LogP contribution in [0.3, 0.4) is 0 Å². The fraction of sp³-hybridized carbons (Fsp3) is 0.375. The molecule has 1 aliphatic heterocycles. The van der Waals surface area contributed by atoms with Crippen LogP contribution in [-0.2, 0) is 6.54 Å². The average molecular weight is 437 g/mol. The van der Waals surface area contributed by atoms with E-state index in [0.717, 1.165) is 49.3 Å². The van der Waals surface area contributed by atoms with Crippen LogP contribution in [0.5, 0.6) is 17.2 Å². The number of H-pyrrole nitrogens is 1. The molecule has 32 heavy (non-hydrogen) atoms. The van der Waals surface area contributed by atoms with E-state index >= 15 is 0 Å². The van der Waals surface area contributed by atoms with Gasteiger partial charge in [-0.1, -0.05) is 6.07 Å². The van der Waals surface area contributed by atoms with E-state index in [-0.39, 0.29) is 11.5 Å². The summed E-state index contributed by atoms with van der Waals surface area (Å²) in [6, 6.07) is 9.25. The van der Waals surface area contributed by atoms with Crippen LogP contribution in [0, 0.1) is 0 Å². The van der Waals surface area contributed by atoms with Crippen molar-refractivity contribution in [2.45, 2.75) is 25.3 Å². The van der Waals surface area contributed by atoms with E-state index in [1.807, 2.05) is 24.3 Å². The maximum atomic E-state index is 12.3. The molecule has 1 fully saturated rings. The number of pyridine rings is 1. The number of aromatic nitrogens is 3. The Kier molecular flexibility index (Phi) is 6.70. The molecule has 8 nitrogen and oxygen atoms in total. The van der Waals surface area contributed by atoms with Crippen molar-refractivity contribution >= 4 is 0 Å². The summed E-state index contributed by atoms with van der Waals surface area (Å²) < 4.78 is 16.5. The zero-order chi connectivity index (χ0) is 22.5. The van der Waals surface area contributed by atoms with Crippen molar-refractivity contribution in [1.29, 1.82) is 0 Å². The first-order chi connectivity index (χ1) is 15.6. The minimum Gasteiger partial charge on any atom is -0.493 e. The maximum Gasteiger partial charge on any atom is 0.251 e. The highest BCUT2D eigenvalue weighted by Crippen LogP contribution is 2.40. The van der Waals surface area contributed by atoms with Crippen molar-refractivity contribution in [3.8, 4) is 28.6 Å². The van der Waals surface area contributed by atoms with Crippen LogP contribution >= 0.6 is 0 Å². The lowest BCUT2D eigenvalue weighted by atomic mass is 9.93. The molecule has 0 aliphatic carbocycles. The van der Waals surface area contributed by atoms with Gasteiger partial charge in [0.25, 0.3) is 5.56 Å². The molecule has 0 amide bonds. The Morgan fingerprint density at radius 2 is 1.72 bits per heavy atom. The molecule has 1 aromatic carbocycles. The summed E-state index contributed by atoms with van der Waals surface area (Å²) in [5, 5.41) is 0. The summed E-state index contributed by atoms with van der Waals surface area (Å²) in [6.45, 7) is 2.56. The first kappa shape index (κ1) is 21.8. The number of ether oxygens (including phenoxy) is 3. The Hall–Kier alpha value is -3.39. The van der Waals surface area contributed by atoms with Gasteiger partial charge in [0.15, 0.2) is 11.5 Å². The molecule has 1 N–H and O–H groups in total. The van der Waals surface area contributed by atoms with E-state index in [9.17, 15) is 4.79 Å². The number of nitrogens with zero attached hydrogens (tertiary/aromatic N) is 3. The molecule has 0 saturated carbocycles. The van der Waals surface area contributed by atoms with Crippen LogP contribution in [0.25, 0.3) is 11.4 Å². The lowest BCUT2D eigenvalue weighted by Crippen LogP contribution is -2.33. The lowest BCUT2D eigenvalue weighted by Gasteiger charge is -2.32. The summed E-state index contributed by atoms with van der Waals surface area (Å²) in [5.74, 6) is 2.80. The molecule has 1 saturated heterocycles. The van der Waals surface area contributed by atoms with Crippen LogP contribution in [-0.4, -0.2) is 54.3 Å². The fourth-order valence-electron chi connectivity index (χ4n) is 4.25. The Morgan fingerprint density at radius 1 is 1.00 bits per heavy atom. The van der Waals surface area contributed by atoms with Gasteiger partial charge < -0.3 is 19.2 Å². The van der Waals surface area contributed by atoms with E-state index in [4.69, 9.17) is 19.2 Å². The normalized spacial score (nSPS) is 14.8. The first-order valence-corrected chi connectivity index (χ1v) is 10.6. The third-order valence-corrected chi connectivity index (χ3v) is 5.90. The van der Waals surface area contributed by atoms with Gasteiger partial charge in [-0.25, -0.2) is 4.98 Å². The molecule has 2 aromatic heterocycles. The monoisotopic (exact) mass is 436 g/mol. The summed E-state index contributed by atoms with van der Waals surface area (Å²) >= 11 is 0. The molecule has 0 atom stereocenters. The van der Waals surface area contributed by atoms with Gasteiger partial charge in [0.1, 0.15) is 5.82 Å². The number of piperidine rings is 1. The third kappa shape index (κ3) is 4.60. The van der Waals surface area contributed by atoms with E-state index in [2.05, 4.69) is 14.9 Å². The fourth-order valence-corrected chi connectivity index (χ4v) is 4.25. The van der Waals surface area contributed by atoms with Crippen molar-refractivity contribution < 1.29 is 14.2 Å². The van der Waals surface area contributed by atoms with Gasteiger partial charge in [0.2, 0.25) is 5.75 Å². The summed E-state index contributed by atoms with van der Waals surface area (Å²) in [6.07, 6.45) is 5.26. The Balaban J connectivity index is 1.47. The van der Waals surface area contributed by atoms with Gasteiger partial charge in [-0.3, -0.25) is 14.7 Å². The molecule has 168 valence electrons. The van der Waals surface area contributed by atoms with Crippen LogP contribution in [0.4, 0.5) is 0 Å². The maximum absolute atomic E-state index is 12.3. The zero-order valence-electron chi connectivity index (χ0n) is 18.6. The molecular weight excluding hydrogens is 408 g/mol. The van der Waals surface area contributed by atoms with Crippen LogP contribution in [0.15, 0.2) is 47.5 Å². The topological polar surface area (TPSA) is 89.6 Å². The van der Waals surface area contributed by atoms with E-state index in [1.165, 1.54) is 0 Å². The van der Waals surface area contributed by atoms with Gasteiger partial charge >= 0.3 is 0 Å². The van der Waals surface area contributed by atoms with Gasteiger partial charge in [-0.2, -0.15) is 0 Å². The standard InChI is InChI=1S/C24H28N4O4/c1-30-20-5-4-18(22(31-2)23(20)32-3)15-28-12-8-16(9-13-28)19-14-21(29)27-24(26-19)17-6-10-25-11-7-17/h4-7,10-11,14,16H,8-9,12-13,15H2,1-3H3,(H,26,27,29). The minimum absolute atomic E-state index is 0.126. The summed E-state index contributed by atoms with van der Waals surface area (Å²) in [7, 11) is 4.88. The highest BCUT2D eigenvalue weighted by molar-refractivity contribution is 5.56. The first-order valence-electron chi connectivity index (χ1n) is 10.6. The van der Waals surface area contributed by atoms with Gasteiger partial charge in [-0.15, -0.1) is 0 Å². The summed E-state index contributed by atoms with van der Waals surface area (Å²) in [5.41, 5.74) is 2.64. The number of hydrogen-bond donors (Lipinski definition) is 1. The number of methoxy groups -OCH3 is 3. The number of aromatic amines is 1. The second-order valence-corrected chi connectivity index (χ2v) is 7.80. The number of hydrogen-bond acceptors (Lipinski definition) is 7. The van der Waals surface area contributed by atoms with Crippen LogP contribution < -0.4 is 19.8 Å². The molecule has 0 bridgehead atoms. The Morgan fingerprint density at radius 3 is 2.38 bits per heavy atom. The third-order valence-electron chi connectivity index (χ3n) is 5.90. The van der Waals surface area contributed by atoms with E-state index in [0.29, 0.717) is 23.1 Å². The van der Waals surface area contributed by atoms with Crippen molar-refractivity contribution in [2.24, 2.45) is 0 Å². The van der Waals surface area contributed by atoms with Crippen molar-refractivity contribution in [2.75, 3.05) is 34.4 Å². The van der Waals surface area contributed by atoms with Crippen molar-refractivity contribution in [3.05, 3.63) is 64.3 Å². The molecule has 0 spiro atoms. The highest BCUT2D eigenvalue weighted by atomic mass is 16.5. The summed E-state index contributed by atoms with van der Waals surface area (Å²) in [4.78, 5) is 26.3. The molecule has 1 aliphatic rings. The Bertz CT molecular complexity index is 1110. The smallest absolute Gasteiger partial charge is 0.251 e. The van der Waals surface area contributed by atoms with Crippen molar-refractivity contribution in [1.82, 2.24) is 19.9 Å². The average Bonchev–Trinajstić information content (AvgIpc) is 2.84.